The van der Waals surface area contributed by atoms with Gasteiger partial charge in [0.15, 0.2) is 10.3 Å². The number of amidine groups is 1. The largest absolute Gasteiger partial charge is 0.332 e. The molecule has 1 N–H and O–H groups in total. The molecule has 1 fully saturated rings. The molecule has 1 unspecified atom stereocenters. The molecule has 0 spiro atoms. The quantitative estimate of drug-likeness (QED) is 0.506. The molecular weight excluding hydrogens is 390 g/mol. The number of thiocarbonyl (C=S) groups is 1. The van der Waals surface area contributed by atoms with Gasteiger partial charge in [0.2, 0.25) is 0 Å². The molecule has 0 radical (unpaired) electrons. The summed E-state index contributed by atoms with van der Waals surface area (Å²) in [5.41, 5.74) is 1.85. The van der Waals surface area contributed by atoms with Gasteiger partial charge < -0.3 is 5.32 Å². The fourth-order valence-corrected chi connectivity index (χ4v) is 4.55. The Bertz CT molecular complexity index is 810. The second-order valence-electron chi connectivity index (χ2n) is 5.55. The molecule has 1 saturated heterocycles. The van der Waals surface area contributed by atoms with Crippen LogP contribution < -0.4 is 5.32 Å². The van der Waals surface area contributed by atoms with Crippen molar-refractivity contribution in [2.24, 2.45) is 4.99 Å². The normalized spacial score (nSPS) is 18.6. The van der Waals surface area contributed by atoms with Gasteiger partial charge in [-0.3, -0.25) is 4.90 Å². The van der Waals surface area contributed by atoms with Crippen molar-refractivity contribution in [3.8, 4) is 0 Å². The number of hydrogen-bond donors (Lipinski definition) is 1. The third kappa shape index (κ3) is 4.70. The van der Waals surface area contributed by atoms with E-state index in [1.54, 1.807) is 23.5 Å². The van der Waals surface area contributed by atoms with Crippen molar-refractivity contribution in [3.63, 3.8) is 0 Å². The average molecular weight is 408 g/mol. The highest BCUT2D eigenvalue weighted by molar-refractivity contribution is 8.14. The summed E-state index contributed by atoms with van der Waals surface area (Å²) in [6.07, 6.45) is 2.06. The number of nitrogens with zero attached hydrogens (tertiary/aromatic N) is 2. The van der Waals surface area contributed by atoms with Crippen LogP contribution in [-0.2, 0) is 0 Å². The maximum atomic E-state index is 6.05. The van der Waals surface area contributed by atoms with E-state index in [4.69, 9.17) is 28.8 Å². The molecule has 3 rings (SSSR count). The van der Waals surface area contributed by atoms with E-state index in [0.29, 0.717) is 15.4 Å². The van der Waals surface area contributed by atoms with E-state index in [2.05, 4.69) is 29.5 Å². The van der Waals surface area contributed by atoms with Gasteiger partial charge >= 0.3 is 0 Å². The first-order valence-corrected chi connectivity index (χ1v) is 10.7. The molecule has 1 aliphatic rings. The first-order valence-electron chi connectivity index (χ1n) is 7.79. The zero-order chi connectivity index (χ0) is 17.8. The summed E-state index contributed by atoms with van der Waals surface area (Å²) in [4.78, 5) is 8.09. The van der Waals surface area contributed by atoms with Crippen LogP contribution in [0, 0.1) is 0 Å². The first kappa shape index (κ1) is 18.6. The van der Waals surface area contributed by atoms with Gasteiger partial charge in [-0.05, 0) is 48.8 Å². The summed E-state index contributed by atoms with van der Waals surface area (Å²) >= 11 is 15.1. The summed E-state index contributed by atoms with van der Waals surface area (Å²) in [6, 6.07) is 15.7. The third-order valence-electron chi connectivity index (χ3n) is 3.60. The minimum atomic E-state index is 0.430. The standard InChI is InChI=1S/C18H18ClN3S3/c1-12-11-22(17(23)20-14-7-5-6-13(19)10-14)18(25-12)21-15-8-3-4-9-16(15)24-2/h3-10,12H,11H2,1-2H3,(H,20,23)/b21-18+. The highest BCUT2D eigenvalue weighted by atomic mass is 35.5. The minimum Gasteiger partial charge on any atom is -0.332 e. The SMILES string of the molecule is CSc1ccccc1/N=C1/SC(C)CN1C(=S)Nc1cccc(Cl)c1. The number of benzene rings is 2. The van der Waals surface area contributed by atoms with Crippen molar-refractivity contribution in [3.05, 3.63) is 53.6 Å². The highest BCUT2D eigenvalue weighted by Crippen LogP contribution is 2.33. The van der Waals surface area contributed by atoms with E-state index in [1.165, 1.54) is 0 Å². The monoisotopic (exact) mass is 407 g/mol. The molecule has 1 heterocycles. The van der Waals surface area contributed by atoms with Crippen LogP contribution in [0.2, 0.25) is 5.02 Å². The van der Waals surface area contributed by atoms with Crippen molar-refractivity contribution in [1.82, 2.24) is 4.90 Å². The number of aliphatic imine (C=N–C) groups is 1. The van der Waals surface area contributed by atoms with Gasteiger partial charge in [-0.15, -0.1) is 11.8 Å². The molecule has 1 aliphatic heterocycles. The zero-order valence-corrected chi connectivity index (χ0v) is 17.1. The van der Waals surface area contributed by atoms with Crippen LogP contribution in [0.1, 0.15) is 6.92 Å². The first-order chi connectivity index (χ1) is 12.1. The van der Waals surface area contributed by atoms with Crippen molar-refractivity contribution in [2.75, 3.05) is 18.1 Å². The average Bonchev–Trinajstić information content (AvgIpc) is 2.96. The van der Waals surface area contributed by atoms with Gasteiger partial charge in [0.05, 0.1) is 5.69 Å². The third-order valence-corrected chi connectivity index (χ3v) is 6.02. The predicted molar refractivity (Wildman–Crippen MR) is 117 cm³/mol. The lowest BCUT2D eigenvalue weighted by Crippen LogP contribution is -2.36. The molecule has 2 aromatic carbocycles. The molecular formula is C18H18ClN3S3. The van der Waals surface area contributed by atoms with Gasteiger partial charge in [0.1, 0.15) is 0 Å². The molecule has 7 heteroatoms. The lowest BCUT2D eigenvalue weighted by atomic mass is 10.3. The van der Waals surface area contributed by atoms with Crippen LogP contribution in [0.15, 0.2) is 58.4 Å². The van der Waals surface area contributed by atoms with E-state index >= 15 is 0 Å². The maximum absolute atomic E-state index is 6.05. The lowest BCUT2D eigenvalue weighted by molar-refractivity contribution is 0.641. The fraction of sp³-hybridized carbons (Fsp3) is 0.222. The van der Waals surface area contributed by atoms with Gasteiger partial charge in [-0.1, -0.05) is 48.5 Å². The fourth-order valence-electron chi connectivity index (χ4n) is 2.45. The van der Waals surface area contributed by atoms with E-state index in [-0.39, 0.29) is 0 Å². The van der Waals surface area contributed by atoms with Crippen molar-refractivity contribution in [1.29, 1.82) is 0 Å². The number of halogens is 1. The number of thioether (sulfide) groups is 2. The number of rotatable bonds is 3. The molecule has 1 atom stereocenters. The van der Waals surface area contributed by atoms with Crippen molar-refractivity contribution < 1.29 is 0 Å². The van der Waals surface area contributed by atoms with Crippen LogP contribution in [0.4, 0.5) is 11.4 Å². The Kier molecular flexibility index (Phi) is 6.28. The van der Waals surface area contributed by atoms with E-state index in [1.807, 2.05) is 42.5 Å². The van der Waals surface area contributed by atoms with Gasteiger partial charge in [0, 0.05) is 27.4 Å². The Balaban J connectivity index is 1.84. The molecule has 0 saturated carbocycles. The van der Waals surface area contributed by atoms with Crippen LogP contribution in [-0.4, -0.2) is 33.2 Å². The van der Waals surface area contributed by atoms with Crippen molar-refractivity contribution in [2.45, 2.75) is 17.1 Å². The van der Waals surface area contributed by atoms with Gasteiger partial charge in [0.25, 0.3) is 0 Å². The second-order valence-corrected chi connectivity index (χ2v) is 8.62. The molecule has 0 aromatic heterocycles. The Hall–Kier alpha value is -1.21. The smallest absolute Gasteiger partial charge is 0.179 e. The summed E-state index contributed by atoms with van der Waals surface area (Å²) in [7, 11) is 0. The van der Waals surface area contributed by atoms with E-state index in [0.717, 1.165) is 28.0 Å². The molecule has 3 nitrogen and oxygen atoms in total. The maximum Gasteiger partial charge on any atom is 0.179 e. The number of hydrogen-bond acceptors (Lipinski definition) is 4. The second kappa shape index (κ2) is 8.45. The minimum absolute atomic E-state index is 0.430. The van der Waals surface area contributed by atoms with E-state index in [9.17, 15) is 0 Å². The summed E-state index contributed by atoms with van der Waals surface area (Å²) < 4.78 is 0. The summed E-state index contributed by atoms with van der Waals surface area (Å²) in [6.45, 7) is 3.01. The summed E-state index contributed by atoms with van der Waals surface area (Å²) in [5, 5.41) is 5.94. The number of nitrogens with one attached hydrogen (secondary N) is 1. The molecule has 25 heavy (non-hydrogen) atoms. The molecule has 0 bridgehead atoms. The van der Waals surface area contributed by atoms with E-state index < -0.39 is 0 Å². The molecule has 130 valence electrons. The van der Waals surface area contributed by atoms with Gasteiger partial charge in [-0.2, -0.15) is 0 Å². The zero-order valence-electron chi connectivity index (χ0n) is 13.9. The topological polar surface area (TPSA) is 27.6 Å². The van der Waals surface area contributed by atoms with Crippen LogP contribution >= 0.6 is 47.3 Å². The summed E-state index contributed by atoms with van der Waals surface area (Å²) in [5.74, 6) is 0. The Morgan fingerprint density at radius 3 is 2.88 bits per heavy atom. The molecule has 0 amide bonds. The molecule has 2 aromatic rings. The van der Waals surface area contributed by atoms with Crippen LogP contribution in [0.5, 0.6) is 0 Å². The predicted octanol–water partition coefficient (Wildman–Crippen LogP) is 5.88. The lowest BCUT2D eigenvalue weighted by Gasteiger charge is -2.20. The molecule has 0 aliphatic carbocycles. The van der Waals surface area contributed by atoms with Gasteiger partial charge in [-0.25, -0.2) is 4.99 Å². The van der Waals surface area contributed by atoms with Crippen molar-refractivity contribution >= 4 is 69.0 Å². The Morgan fingerprint density at radius 1 is 1.32 bits per heavy atom. The number of para-hydroxylation sites is 1. The van der Waals surface area contributed by atoms with Crippen LogP contribution in [0.3, 0.4) is 0 Å². The Morgan fingerprint density at radius 2 is 2.12 bits per heavy atom. The Labute approximate surface area is 167 Å². The number of anilines is 1. The highest BCUT2D eigenvalue weighted by Gasteiger charge is 2.29. The van der Waals surface area contributed by atoms with Crippen LogP contribution in [0.25, 0.3) is 0 Å².